The van der Waals surface area contributed by atoms with Crippen LogP contribution in [0.3, 0.4) is 0 Å². The van der Waals surface area contributed by atoms with E-state index in [2.05, 4.69) is 15.3 Å². The number of nitrogens with zero attached hydrogens (tertiary/aromatic N) is 2. The minimum Gasteiger partial charge on any atom is -0.385 e. The fraction of sp³-hybridized carbons (Fsp3) is 0.235. The predicted octanol–water partition coefficient (Wildman–Crippen LogP) is 2.84. The van der Waals surface area contributed by atoms with E-state index < -0.39 is 17.9 Å². The highest BCUT2D eigenvalue weighted by Gasteiger charge is 2.44. The van der Waals surface area contributed by atoms with Gasteiger partial charge in [-0.3, -0.25) is 9.79 Å². The van der Waals surface area contributed by atoms with Crippen molar-refractivity contribution in [2.75, 3.05) is 18.5 Å². The van der Waals surface area contributed by atoms with Gasteiger partial charge in [-0.15, -0.1) is 0 Å². The average Bonchev–Trinajstić information content (AvgIpc) is 2.62. The van der Waals surface area contributed by atoms with Crippen LogP contribution in [-0.2, 0) is 10.3 Å². The summed E-state index contributed by atoms with van der Waals surface area (Å²) in [6.45, 7) is -0.297. The van der Waals surface area contributed by atoms with Crippen molar-refractivity contribution >= 4 is 29.0 Å². The van der Waals surface area contributed by atoms with Crippen molar-refractivity contribution in [2.24, 2.45) is 10.7 Å². The molecule has 0 aliphatic carbocycles. The first-order valence-electron chi connectivity index (χ1n) is 7.64. The van der Waals surface area contributed by atoms with E-state index in [-0.39, 0.29) is 30.3 Å². The Hall–Kier alpha value is -2.58. The van der Waals surface area contributed by atoms with Crippen molar-refractivity contribution in [3.63, 3.8) is 0 Å². The number of rotatable bonds is 4. The molecule has 1 aromatic carbocycles. The molecule has 1 atom stereocenters. The molecule has 0 radical (unpaired) electrons. The predicted molar refractivity (Wildman–Crippen MR) is 93.8 cm³/mol. The SMILES string of the molecule is NC1=NC(c2cccc(NC(=O)c3ccc(Cl)cn3)c2)(C(F)F)COC1. The van der Waals surface area contributed by atoms with Crippen LogP contribution < -0.4 is 11.1 Å². The van der Waals surface area contributed by atoms with E-state index in [1.165, 1.54) is 30.5 Å². The largest absolute Gasteiger partial charge is 0.385 e. The van der Waals surface area contributed by atoms with Gasteiger partial charge in [0.2, 0.25) is 0 Å². The maximum atomic E-state index is 13.8. The minimum atomic E-state index is -2.83. The molecule has 2 heterocycles. The highest BCUT2D eigenvalue weighted by atomic mass is 35.5. The van der Waals surface area contributed by atoms with E-state index >= 15 is 0 Å². The second-order valence-electron chi connectivity index (χ2n) is 5.72. The summed E-state index contributed by atoms with van der Waals surface area (Å²) >= 11 is 5.74. The number of amidine groups is 1. The monoisotopic (exact) mass is 380 g/mol. The average molecular weight is 381 g/mol. The summed E-state index contributed by atoms with van der Waals surface area (Å²) in [7, 11) is 0. The lowest BCUT2D eigenvalue weighted by Gasteiger charge is -2.33. The molecule has 0 fully saturated rings. The summed E-state index contributed by atoms with van der Waals surface area (Å²) in [4.78, 5) is 20.1. The topological polar surface area (TPSA) is 89.6 Å². The first-order chi connectivity index (χ1) is 12.4. The van der Waals surface area contributed by atoms with Crippen LogP contribution in [0.25, 0.3) is 0 Å². The molecule has 6 nitrogen and oxygen atoms in total. The van der Waals surface area contributed by atoms with Gasteiger partial charge in [-0.1, -0.05) is 23.7 Å². The Balaban J connectivity index is 1.89. The Labute approximate surface area is 153 Å². The van der Waals surface area contributed by atoms with Crippen molar-refractivity contribution in [1.29, 1.82) is 0 Å². The number of aliphatic imine (C=N–C) groups is 1. The number of amides is 1. The summed E-state index contributed by atoms with van der Waals surface area (Å²) in [5, 5.41) is 3.01. The van der Waals surface area contributed by atoms with Crippen LogP contribution in [0.2, 0.25) is 5.02 Å². The highest BCUT2D eigenvalue weighted by Crippen LogP contribution is 2.36. The van der Waals surface area contributed by atoms with Crippen LogP contribution in [0, 0.1) is 0 Å². The number of hydrogen-bond donors (Lipinski definition) is 2. The molecule has 0 saturated carbocycles. The molecule has 3 rings (SSSR count). The Morgan fingerprint density at radius 2 is 2.15 bits per heavy atom. The van der Waals surface area contributed by atoms with Gasteiger partial charge in [-0.2, -0.15) is 0 Å². The fourth-order valence-corrected chi connectivity index (χ4v) is 2.70. The lowest BCUT2D eigenvalue weighted by atomic mass is 9.90. The lowest BCUT2D eigenvalue weighted by molar-refractivity contribution is -0.0129. The number of aromatic nitrogens is 1. The number of carbonyl (C=O) groups excluding carboxylic acids is 1. The smallest absolute Gasteiger partial charge is 0.274 e. The third-order valence-electron chi connectivity index (χ3n) is 3.86. The van der Waals surface area contributed by atoms with Gasteiger partial charge >= 0.3 is 0 Å². The molecule has 0 bridgehead atoms. The Kier molecular flexibility index (Phi) is 5.15. The van der Waals surface area contributed by atoms with E-state index in [1.807, 2.05) is 0 Å². The van der Waals surface area contributed by atoms with E-state index in [1.54, 1.807) is 12.1 Å². The molecule has 3 N–H and O–H groups in total. The van der Waals surface area contributed by atoms with E-state index in [4.69, 9.17) is 22.1 Å². The molecule has 26 heavy (non-hydrogen) atoms. The normalized spacial score (nSPS) is 19.9. The molecule has 1 unspecified atom stereocenters. The van der Waals surface area contributed by atoms with Gasteiger partial charge in [-0.25, -0.2) is 13.8 Å². The zero-order chi connectivity index (χ0) is 18.7. The van der Waals surface area contributed by atoms with Crippen LogP contribution >= 0.6 is 11.6 Å². The molecule has 1 aromatic heterocycles. The number of carbonyl (C=O) groups is 1. The van der Waals surface area contributed by atoms with Gasteiger partial charge in [0.25, 0.3) is 12.3 Å². The zero-order valence-corrected chi connectivity index (χ0v) is 14.2. The number of halogens is 3. The van der Waals surface area contributed by atoms with E-state index in [0.29, 0.717) is 10.7 Å². The quantitative estimate of drug-likeness (QED) is 0.853. The number of nitrogens with one attached hydrogen (secondary N) is 1. The third kappa shape index (κ3) is 3.66. The highest BCUT2D eigenvalue weighted by molar-refractivity contribution is 6.30. The van der Waals surface area contributed by atoms with Gasteiger partial charge in [0.05, 0.1) is 11.6 Å². The summed E-state index contributed by atoms with van der Waals surface area (Å²) in [6.07, 6.45) is -1.49. The van der Waals surface area contributed by atoms with Crippen LogP contribution in [0.5, 0.6) is 0 Å². The van der Waals surface area contributed by atoms with Gasteiger partial charge in [0.15, 0.2) is 5.54 Å². The van der Waals surface area contributed by atoms with Crippen molar-refractivity contribution in [2.45, 2.75) is 12.0 Å². The Bertz CT molecular complexity index is 845. The summed E-state index contributed by atoms with van der Waals surface area (Å²) in [5.74, 6) is -0.496. The summed E-state index contributed by atoms with van der Waals surface area (Å²) < 4.78 is 32.7. The van der Waals surface area contributed by atoms with Crippen LogP contribution in [0.1, 0.15) is 16.1 Å². The summed E-state index contributed by atoms with van der Waals surface area (Å²) in [6, 6.07) is 9.03. The van der Waals surface area contributed by atoms with Crippen molar-refractivity contribution in [1.82, 2.24) is 4.98 Å². The molecule has 0 spiro atoms. The minimum absolute atomic E-state index is 0.00338. The molecule has 136 valence electrons. The molecule has 1 aliphatic heterocycles. The molecule has 0 saturated heterocycles. The van der Waals surface area contributed by atoms with Gasteiger partial charge < -0.3 is 15.8 Å². The third-order valence-corrected chi connectivity index (χ3v) is 4.08. The molecule has 9 heteroatoms. The second-order valence-corrected chi connectivity index (χ2v) is 6.15. The Morgan fingerprint density at radius 1 is 1.35 bits per heavy atom. The number of alkyl halides is 2. The first kappa shape index (κ1) is 18.2. The zero-order valence-electron chi connectivity index (χ0n) is 13.5. The fourth-order valence-electron chi connectivity index (χ4n) is 2.59. The van der Waals surface area contributed by atoms with Gasteiger partial charge in [0.1, 0.15) is 18.1 Å². The second kappa shape index (κ2) is 7.35. The first-order valence-corrected chi connectivity index (χ1v) is 8.02. The summed E-state index contributed by atoms with van der Waals surface area (Å²) in [5.41, 5.74) is 4.35. The Morgan fingerprint density at radius 3 is 2.81 bits per heavy atom. The molecule has 1 aliphatic rings. The molecule has 1 amide bonds. The van der Waals surface area contributed by atoms with Gasteiger partial charge in [-0.05, 0) is 29.8 Å². The van der Waals surface area contributed by atoms with Crippen LogP contribution in [-0.4, -0.2) is 36.4 Å². The number of hydrogen-bond acceptors (Lipinski definition) is 5. The molecular weight excluding hydrogens is 366 g/mol. The van der Waals surface area contributed by atoms with E-state index in [0.717, 1.165) is 0 Å². The molecule has 2 aromatic rings. The number of anilines is 1. The van der Waals surface area contributed by atoms with Crippen LogP contribution in [0.4, 0.5) is 14.5 Å². The van der Waals surface area contributed by atoms with Crippen LogP contribution in [0.15, 0.2) is 47.6 Å². The lowest BCUT2D eigenvalue weighted by Crippen LogP contribution is -2.44. The number of pyridine rings is 1. The maximum absolute atomic E-state index is 13.8. The van der Waals surface area contributed by atoms with E-state index in [9.17, 15) is 13.6 Å². The standard InChI is InChI=1S/C17H15ClF2N4O2/c18-11-4-5-13(22-7-11)15(25)23-12-3-1-2-10(6-12)17(16(19)20)9-26-8-14(21)24-17/h1-7,16H,8-9H2,(H2,21,24)(H,23,25). The number of nitrogens with two attached hydrogens (primary N) is 1. The maximum Gasteiger partial charge on any atom is 0.274 e. The van der Waals surface area contributed by atoms with Crippen molar-refractivity contribution in [3.8, 4) is 0 Å². The van der Waals surface area contributed by atoms with Gasteiger partial charge in [0, 0.05) is 11.9 Å². The number of ether oxygens (including phenoxy) is 1. The number of benzene rings is 1. The van der Waals surface area contributed by atoms with Crippen molar-refractivity contribution < 1.29 is 18.3 Å². The van der Waals surface area contributed by atoms with Crippen molar-refractivity contribution in [3.05, 3.63) is 58.9 Å². The molecular formula is C17H15ClF2N4O2.